The molecule has 0 unspecified atom stereocenters. The molecule has 0 saturated heterocycles. The summed E-state index contributed by atoms with van der Waals surface area (Å²) in [6.07, 6.45) is 0. The number of ether oxygens (including phenoxy) is 2. The van der Waals surface area contributed by atoms with Crippen LogP contribution in [0.25, 0.3) is 16.4 Å². The molecule has 0 spiro atoms. The number of carbonyl (C=O) groups is 1. The number of aromatic nitrogens is 4. The number of benzene rings is 2. The first-order chi connectivity index (χ1) is 16.3. The molecule has 0 radical (unpaired) electrons. The Morgan fingerprint density at radius 1 is 1.03 bits per heavy atom. The zero-order chi connectivity index (χ0) is 24.4. The number of nitrogens with one attached hydrogen (secondary N) is 1. The van der Waals surface area contributed by atoms with Crippen LogP contribution in [0.2, 0.25) is 0 Å². The van der Waals surface area contributed by atoms with Crippen LogP contribution in [0.1, 0.15) is 37.7 Å². The van der Waals surface area contributed by atoms with Gasteiger partial charge in [-0.1, -0.05) is 11.3 Å². The third-order valence-electron chi connectivity index (χ3n) is 5.76. The molecule has 0 aliphatic rings. The van der Waals surface area contributed by atoms with Crippen LogP contribution in [0.4, 0.5) is 0 Å². The van der Waals surface area contributed by atoms with Crippen LogP contribution >= 0.6 is 11.3 Å². The Morgan fingerprint density at radius 3 is 2.53 bits per heavy atom. The summed E-state index contributed by atoms with van der Waals surface area (Å²) in [5, 5.41) is 12.3. The summed E-state index contributed by atoms with van der Waals surface area (Å²) in [5.74, 6) is 1.18. The minimum Gasteiger partial charge on any atom is -0.497 e. The number of hydrogen-bond acceptors (Lipinski definition) is 7. The molecule has 0 saturated carbocycles. The Labute approximate surface area is 202 Å². The van der Waals surface area contributed by atoms with Gasteiger partial charge < -0.3 is 14.8 Å². The Kier molecular flexibility index (Phi) is 6.65. The van der Waals surface area contributed by atoms with E-state index in [4.69, 9.17) is 9.47 Å². The van der Waals surface area contributed by atoms with Crippen molar-refractivity contribution in [2.75, 3.05) is 14.2 Å². The van der Waals surface area contributed by atoms with Crippen molar-refractivity contribution < 1.29 is 14.3 Å². The summed E-state index contributed by atoms with van der Waals surface area (Å²) in [7, 11) is 3.20. The predicted octanol–water partition coefficient (Wildman–Crippen LogP) is 4.57. The highest BCUT2D eigenvalue weighted by Gasteiger charge is 2.21. The van der Waals surface area contributed by atoms with E-state index in [9.17, 15) is 4.79 Å². The summed E-state index contributed by atoms with van der Waals surface area (Å²) in [5.41, 5.74) is 6.35. The van der Waals surface area contributed by atoms with Gasteiger partial charge in [0.25, 0.3) is 5.91 Å². The van der Waals surface area contributed by atoms with E-state index in [0.717, 1.165) is 16.9 Å². The average Bonchev–Trinajstić information content (AvgIpc) is 3.41. The van der Waals surface area contributed by atoms with Gasteiger partial charge in [-0.2, -0.15) is 0 Å². The van der Waals surface area contributed by atoms with E-state index in [0.29, 0.717) is 39.3 Å². The first kappa shape index (κ1) is 23.4. The standard InChI is InChI=1S/C25H27N5O3S/c1-14-7-8-19(11-15(14)2)30-17(4)22(28-29-30)25-27-16(3)23(34-25)24(31)26-13-18-12-20(32-5)9-10-21(18)33-6/h7-12H,13H2,1-6H3,(H,26,31). The van der Waals surface area contributed by atoms with E-state index in [1.54, 1.807) is 18.9 Å². The van der Waals surface area contributed by atoms with Crippen LogP contribution in [0.3, 0.4) is 0 Å². The van der Waals surface area contributed by atoms with Crippen molar-refractivity contribution in [2.45, 2.75) is 34.2 Å². The molecule has 0 atom stereocenters. The van der Waals surface area contributed by atoms with Crippen molar-refractivity contribution in [3.05, 3.63) is 69.4 Å². The van der Waals surface area contributed by atoms with Crippen molar-refractivity contribution in [3.63, 3.8) is 0 Å². The molecule has 9 heteroatoms. The number of carbonyl (C=O) groups excluding carboxylic acids is 1. The van der Waals surface area contributed by atoms with Crippen LogP contribution in [0, 0.1) is 27.7 Å². The van der Waals surface area contributed by atoms with Crippen LogP contribution in [-0.2, 0) is 6.54 Å². The first-order valence-corrected chi connectivity index (χ1v) is 11.6. The quantitative estimate of drug-likeness (QED) is 0.419. The van der Waals surface area contributed by atoms with Crippen LogP contribution in [0.15, 0.2) is 36.4 Å². The molecule has 34 heavy (non-hydrogen) atoms. The molecule has 4 rings (SSSR count). The highest BCUT2D eigenvalue weighted by molar-refractivity contribution is 7.17. The lowest BCUT2D eigenvalue weighted by atomic mass is 10.1. The summed E-state index contributed by atoms with van der Waals surface area (Å²) >= 11 is 1.31. The monoisotopic (exact) mass is 477 g/mol. The normalized spacial score (nSPS) is 10.9. The maximum absolute atomic E-state index is 13.0. The van der Waals surface area contributed by atoms with Crippen molar-refractivity contribution in [1.82, 2.24) is 25.3 Å². The number of aryl methyl sites for hydroxylation is 3. The maximum Gasteiger partial charge on any atom is 0.263 e. The van der Waals surface area contributed by atoms with Crippen molar-refractivity contribution in [2.24, 2.45) is 0 Å². The molecule has 0 aliphatic heterocycles. The zero-order valence-corrected chi connectivity index (χ0v) is 20.9. The molecule has 1 N–H and O–H groups in total. The van der Waals surface area contributed by atoms with Crippen molar-refractivity contribution in [1.29, 1.82) is 0 Å². The summed E-state index contributed by atoms with van der Waals surface area (Å²) in [6.45, 7) is 8.23. The summed E-state index contributed by atoms with van der Waals surface area (Å²) < 4.78 is 12.5. The van der Waals surface area contributed by atoms with Gasteiger partial charge in [-0.25, -0.2) is 9.67 Å². The number of amides is 1. The maximum atomic E-state index is 13.0. The van der Waals surface area contributed by atoms with Gasteiger partial charge in [0, 0.05) is 12.1 Å². The van der Waals surface area contributed by atoms with Gasteiger partial charge in [0.2, 0.25) is 0 Å². The molecule has 2 heterocycles. The minimum absolute atomic E-state index is 0.203. The highest BCUT2D eigenvalue weighted by atomic mass is 32.1. The van der Waals surface area contributed by atoms with E-state index >= 15 is 0 Å². The SMILES string of the molecule is COc1ccc(OC)c(CNC(=O)c2sc(-c3nnn(-c4ccc(C)c(C)c4)c3C)nc2C)c1. The fraction of sp³-hybridized carbons (Fsp3) is 0.280. The second kappa shape index (κ2) is 9.64. The van der Waals surface area contributed by atoms with Crippen molar-refractivity contribution in [3.8, 4) is 27.9 Å². The fourth-order valence-electron chi connectivity index (χ4n) is 3.61. The lowest BCUT2D eigenvalue weighted by molar-refractivity contribution is 0.0954. The molecule has 0 bridgehead atoms. The van der Waals surface area contributed by atoms with Gasteiger partial charge in [-0.15, -0.1) is 16.4 Å². The lowest BCUT2D eigenvalue weighted by Gasteiger charge is -2.11. The van der Waals surface area contributed by atoms with Crippen LogP contribution < -0.4 is 14.8 Å². The minimum atomic E-state index is -0.203. The van der Waals surface area contributed by atoms with Gasteiger partial charge in [0.1, 0.15) is 27.1 Å². The number of methoxy groups -OCH3 is 2. The molecule has 2 aromatic heterocycles. The van der Waals surface area contributed by atoms with Gasteiger partial charge in [-0.05, 0) is 69.2 Å². The second-order valence-electron chi connectivity index (χ2n) is 8.00. The molecule has 0 aliphatic carbocycles. The van der Waals surface area contributed by atoms with E-state index < -0.39 is 0 Å². The average molecular weight is 478 g/mol. The number of thiazole rings is 1. The predicted molar refractivity (Wildman–Crippen MR) is 132 cm³/mol. The zero-order valence-electron chi connectivity index (χ0n) is 20.1. The van der Waals surface area contributed by atoms with Gasteiger partial charge >= 0.3 is 0 Å². The van der Waals surface area contributed by atoms with Crippen molar-refractivity contribution >= 4 is 17.2 Å². The topological polar surface area (TPSA) is 91.2 Å². The summed E-state index contributed by atoms with van der Waals surface area (Å²) in [4.78, 5) is 18.1. The Balaban J connectivity index is 1.56. The third-order valence-corrected chi connectivity index (χ3v) is 6.92. The molecule has 176 valence electrons. The highest BCUT2D eigenvalue weighted by Crippen LogP contribution is 2.30. The summed E-state index contributed by atoms with van der Waals surface area (Å²) in [6, 6.07) is 11.7. The first-order valence-electron chi connectivity index (χ1n) is 10.8. The van der Waals surface area contributed by atoms with Crippen LogP contribution in [-0.4, -0.2) is 40.1 Å². The molecule has 8 nitrogen and oxygen atoms in total. The second-order valence-corrected chi connectivity index (χ2v) is 9.00. The van der Waals surface area contributed by atoms with Crippen LogP contribution in [0.5, 0.6) is 11.5 Å². The Bertz CT molecular complexity index is 1360. The lowest BCUT2D eigenvalue weighted by Crippen LogP contribution is -2.22. The van der Waals surface area contributed by atoms with Gasteiger partial charge in [0.05, 0.1) is 31.3 Å². The fourth-order valence-corrected chi connectivity index (χ4v) is 4.63. The van der Waals surface area contributed by atoms with E-state index in [2.05, 4.69) is 46.6 Å². The van der Waals surface area contributed by atoms with E-state index in [-0.39, 0.29) is 5.91 Å². The molecule has 0 fully saturated rings. The molecule has 4 aromatic rings. The molecule has 2 aromatic carbocycles. The number of rotatable bonds is 7. The number of hydrogen-bond donors (Lipinski definition) is 1. The smallest absolute Gasteiger partial charge is 0.263 e. The largest absolute Gasteiger partial charge is 0.497 e. The Hall–Kier alpha value is -3.72. The molecular formula is C25H27N5O3S. The molecular weight excluding hydrogens is 450 g/mol. The third kappa shape index (κ3) is 4.51. The van der Waals surface area contributed by atoms with Gasteiger partial charge in [-0.3, -0.25) is 4.79 Å². The van der Waals surface area contributed by atoms with E-state index in [1.165, 1.54) is 22.5 Å². The van der Waals surface area contributed by atoms with E-state index in [1.807, 2.05) is 38.1 Å². The Morgan fingerprint density at radius 2 is 1.82 bits per heavy atom. The number of nitrogens with zero attached hydrogens (tertiary/aromatic N) is 4. The molecule has 1 amide bonds. The van der Waals surface area contributed by atoms with Gasteiger partial charge in [0.15, 0.2) is 0 Å².